The number of para-hydroxylation sites is 1. The number of fused-ring (bicyclic) bond motifs is 1. The van der Waals surface area contributed by atoms with Crippen molar-refractivity contribution in [3.63, 3.8) is 0 Å². The third kappa shape index (κ3) is 8.22. The smallest absolute Gasteiger partial charge is 0.412 e. The average molecular weight is 462 g/mol. The van der Waals surface area contributed by atoms with E-state index in [4.69, 9.17) is 38.8 Å². The standard InChI is InChI=1S/C11H9Cl2NO2.C11H12N2O2/c12-6-1-2-7-16-11(15)14-10-5-3-4-9(13)8-10;12-9(11(14)15)5-7-6-13-10-4-2-1-3-8(7)10/h3-5,8H,6-7H2,(H,14,15);1-4,6,9,13H,5,12H2,(H,14,15). The number of nitrogens with two attached hydrogens (primary N) is 1. The van der Waals surface area contributed by atoms with E-state index in [1.165, 1.54) is 0 Å². The van der Waals surface area contributed by atoms with Crippen molar-refractivity contribution >= 4 is 51.9 Å². The Bertz CT molecular complexity index is 1090. The molecule has 1 aromatic heterocycles. The van der Waals surface area contributed by atoms with Gasteiger partial charge in [-0.1, -0.05) is 47.7 Å². The molecule has 0 fully saturated rings. The molecule has 7 nitrogen and oxygen atoms in total. The first kappa shape index (κ1) is 24.1. The monoisotopic (exact) mass is 461 g/mol. The van der Waals surface area contributed by atoms with Gasteiger partial charge < -0.3 is 20.6 Å². The Kier molecular flexibility index (Phi) is 9.72. The van der Waals surface area contributed by atoms with Crippen molar-refractivity contribution in [1.29, 1.82) is 0 Å². The number of alkyl halides is 1. The zero-order chi connectivity index (χ0) is 22.6. The molecular weight excluding hydrogens is 441 g/mol. The second-order valence-corrected chi connectivity index (χ2v) is 6.91. The molecule has 1 atom stereocenters. The van der Waals surface area contributed by atoms with Crippen LogP contribution in [0.1, 0.15) is 5.56 Å². The topological polar surface area (TPSA) is 117 Å². The molecule has 1 unspecified atom stereocenters. The molecule has 0 saturated carbocycles. The maximum absolute atomic E-state index is 11.2. The highest BCUT2D eigenvalue weighted by atomic mass is 35.5. The highest BCUT2D eigenvalue weighted by Gasteiger charge is 2.14. The lowest BCUT2D eigenvalue weighted by Crippen LogP contribution is -2.32. The van der Waals surface area contributed by atoms with Crippen LogP contribution in [-0.2, 0) is 16.0 Å². The van der Waals surface area contributed by atoms with E-state index in [-0.39, 0.29) is 12.5 Å². The van der Waals surface area contributed by atoms with Gasteiger partial charge in [0.25, 0.3) is 0 Å². The number of H-pyrrole nitrogens is 1. The average Bonchev–Trinajstić information content (AvgIpc) is 3.14. The van der Waals surface area contributed by atoms with Crippen LogP contribution in [0.5, 0.6) is 0 Å². The number of aromatic amines is 1. The molecule has 0 aliphatic rings. The lowest BCUT2D eigenvalue weighted by molar-refractivity contribution is -0.138. The number of aromatic nitrogens is 1. The largest absolute Gasteiger partial charge is 0.480 e. The van der Waals surface area contributed by atoms with E-state index in [2.05, 4.69) is 22.1 Å². The fourth-order valence-electron chi connectivity index (χ4n) is 2.54. The number of benzene rings is 2. The lowest BCUT2D eigenvalue weighted by Gasteiger charge is -2.04. The van der Waals surface area contributed by atoms with E-state index in [1.54, 1.807) is 24.3 Å². The highest BCUT2D eigenvalue weighted by Crippen LogP contribution is 2.18. The molecule has 0 radical (unpaired) electrons. The molecule has 3 aromatic rings. The third-order valence-corrected chi connectivity index (χ3v) is 4.34. The van der Waals surface area contributed by atoms with Crippen LogP contribution in [0.25, 0.3) is 10.9 Å². The fourth-order valence-corrected chi connectivity index (χ4v) is 2.83. The number of amides is 1. The summed E-state index contributed by atoms with van der Waals surface area (Å²) in [6, 6.07) is 13.7. The number of carboxylic acids is 1. The minimum absolute atomic E-state index is 0.0130. The molecule has 0 spiro atoms. The van der Waals surface area contributed by atoms with Crippen molar-refractivity contribution in [3.05, 3.63) is 65.3 Å². The number of anilines is 1. The van der Waals surface area contributed by atoms with Crippen LogP contribution in [0.15, 0.2) is 54.7 Å². The molecule has 3 rings (SSSR count). The summed E-state index contributed by atoms with van der Waals surface area (Å²) in [5.74, 6) is 4.39. The second-order valence-electron chi connectivity index (χ2n) is 6.21. The van der Waals surface area contributed by atoms with Crippen molar-refractivity contribution in [2.75, 3.05) is 17.8 Å². The number of aliphatic carboxylic acids is 1. The van der Waals surface area contributed by atoms with Gasteiger partial charge in [0.05, 0.1) is 5.88 Å². The molecule has 0 aliphatic heterocycles. The molecule has 1 heterocycles. The van der Waals surface area contributed by atoms with Gasteiger partial charge in [0.15, 0.2) is 6.61 Å². The Hall–Kier alpha value is -3.18. The number of carboxylic acid groups (broad SMARTS) is 1. The van der Waals surface area contributed by atoms with Crippen LogP contribution in [0.3, 0.4) is 0 Å². The maximum Gasteiger partial charge on any atom is 0.412 e. The van der Waals surface area contributed by atoms with E-state index < -0.39 is 18.1 Å². The molecule has 0 aliphatic carbocycles. The summed E-state index contributed by atoms with van der Waals surface area (Å²) in [6.45, 7) is 0.0130. The van der Waals surface area contributed by atoms with Gasteiger partial charge in [-0.15, -0.1) is 11.6 Å². The van der Waals surface area contributed by atoms with Crippen molar-refractivity contribution in [1.82, 2.24) is 4.98 Å². The van der Waals surface area contributed by atoms with Gasteiger partial charge in [-0.25, -0.2) is 4.79 Å². The van der Waals surface area contributed by atoms with E-state index in [0.29, 0.717) is 17.1 Å². The van der Waals surface area contributed by atoms with Crippen LogP contribution in [0.2, 0.25) is 5.02 Å². The normalized spacial score (nSPS) is 10.8. The summed E-state index contributed by atoms with van der Waals surface area (Å²) >= 11 is 11.1. The van der Waals surface area contributed by atoms with Gasteiger partial charge in [-0.3, -0.25) is 10.1 Å². The summed E-state index contributed by atoms with van der Waals surface area (Å²) in [5.41, 5.74) is 8.01. The lowest BCUT2D eigenvalue weighted by atomic mass is 10.1. The summed E-state index contributed by atoms with van der Waals surface area (Å²) in [6.07, 6.45) is 1.58. The molecule has 2 aromatic carbocycles. The zero-order valence-electron chi connectivity index (χ0n) is 16.4. The van der Waals surface area contributed by atoms with Gasteiger partial charge in [0, 0.05) is 34.2 Å². The summed E-state index contributed by atoms with van der Waals surface area (Å²) in [5, 5.41) is 12.8. The number of rotatable bonds is 5. The van der Waals surface area contributed by atoms with Crippen LogP contribution in [0.4, 0.5) is 10.5 Å². The number of nitrogens with one attached hydrogen (secondary N) is 2. The van der Waals surface area contributed by atoms with Crippen molar-refractivity contribution in [2.24, 2.45) is 5.73 Å². The van der Waals surface area contributed by atoms with Crippen LogP contribution < -0.4 is 11.1 Å². The molecule has 162 valence electrons. The molecular formula is C22H21Cl2N3O4. The van der Waals surface area contributed by atoms with Crippen LogP contribution in [0, 0.1) is 11.8 Å². The van der Waals surface area contributed by atoms with Gasteiger partial charge in [0.1, 0.15) is 6.04 Å². The molecule has 9 heteroatoms. The van der Waals surface area contributed by atoms with Crippen molar-refractivity contribution in [2.45, 2.75) is 12.5 Å². The summed E-state index contributed by atoms with van der Waals surface area (Å²) in [4.78, 5) is 24.9. The minimum Gasteiger partial charge on any atom is -0.480 e. The number of carbonyl (C=O) groups is 2. The minimum atomic E-state index is -0.972. The highest BCUT2D eigenvalue weighted by molar-refractivity contribution is 6.30. The first-order valence-electron chi connectivity index (χ1n) is 9.15. The Morgan fingerprint density at radius 3 is 2.68 bits per heavy atom. The second kappa shape index (κ2) is 12.5. The maximum atomic E-state index is 11.2. The number of hydrogen-bond acceptors (Lipinski definition) is 4. The van der Waals surface area contributed by atoms with Gasteiger partial charge in [0.2, 0.25) is 0 Å². The SMILES string of the molecule is NC(Cc1c[nH]c2ccccc12)C(=O)O.O=C(Nc1cccc(Cl)c1)OCC#CCCl. The predicted molar refractivity (Wildman–Crippen MR) is 123 cm³/mol. The van der Waals surface area contributed by atoms with Gasteiger partial charge in [-0.2, -0.15) is 0 Å². The first-order chi connectivity index (χ1) is 14.9. The van der Waals surface area contributed by atoms with Crippen LogP contribution >= 0.6 is 23.2 Å². The third-order valence-electron chi connectivity index (χ3n) is 3.97. The van der Waals surface area contributed by atoms with Crippen molar-refractivity contribution < 1.29 is 19.4 Å². The molecule has 5 N–H and O–H groups in total. The quantitative estimate of drug-likeness (QED) is 0.334. The number of carbonyl (C=O) groups excluding carboxylic acids is 1. The number of hydrogen-bond donors (Lipinski definition) is 4. The molecule has 31 heavy (non-hydrogen) atoms. The Morgan fingerprint density at radius 1 is 1.19 bits per heavy atom. The number of ether oxygens (including phenoxy) is 1. The van der Waals surface area contributed by atoms with E-state index in [0.717, 1.165) is 16.5 Å². The summed E-state index contributed by atoms with van der Waals surface area (Å²) < 4.78 is 4.76. The number of halogens is 2. The van der Waals surface area contributed by atoms with Gasteiger partial charge >= 0.3 is 12.1 Å². The van der Waals surface area contributed by atoms with Crippen LogP contribution in [-0.4, -0.2) is 40.7 Å². The summed E-state index contributed by atoms with van der Waals surface area (Å²) in [7, 11) is 0. The van der Waals surface area contributed by atoms with E-state index in [9.17, 15) is 9.59 Å². The molecule has 1 amide bonds. The molecule has 0 saturated heterocycles. The van der Waals surface area contributed by atoms with E-state index in [1.807, 2.05) is 30.5 Å². The Morgan fingerprint density at radius 2 is 1.97 bits per heavy atom. The molecule has 0 bridgehead atoms. The Balaban J connectivity index is 0.000000220. The van der Waals surface area contributed by atoms with Gasteiger partial charge in [-0.05, 0) is 29.8 Å². The first-order valence-corrected chi connectivity index (χ1v) is 10.1. The van der Waals surface area contributed by atoms with E-state index >= 15 is 0 Å². The fraction of sp³-hybridized carbons (Fsp3) is 0.182. The zero-order valence-corrected chi connectivity index (χ0v) is 17.9. The Labute approximate surface area is 189 Å². The van der Waals surface area contributed by atoms with Crippen molar-refractivity contribution in [3.8, 4) is 11.8 Å². The predicted octanol–water partition coefficient (Wildman–Crippen LogP) is 4.25.